The Bertz CT molecular complexity index is 966. The highest BCUT2D eigenvalue weighted by atomic mass is 32.2. The normalized spacial score (nSPS) is 11.1. The van der Waals surface area contributed by atoms with Gasteiger partial charge in [-0.15, -0.1) is 0 Å². The summed E-state index contributed by atoms with van der Waals surface area (Å²) < 4.78 is 25.7. The molecule has 0 unspecified atom stereocenters. The number of carbonyl (C=O) groups excluding carboxylic acids is 2. The topological polar surface area (TPSA) is 110 Å². The van der Waals surface area contributed by atoms with Gasteiger partial charge >= 0.3 is 0 Å². The first-order chi connectivity index (χ1) is 13.1. The van der Waals surface area contributed by atoms with Crippen LogP contribution in [0.4, 0.5) is 11.4 Å². The Morgan fingerprint density at radius 2 is 1.71 bits per heavy atom. The molecule has 8 heteroatoms. The second-order valence-electron chi connectivity index (χ2n) is 6.78. The van der Waals surface area contributed by atoms with Crippen molar-refractivity contribution in [2.75, 3.05) is 22.4 Å². The molecular formula is C20H25N3O4S. The molecule has 150 valence electrons. The second kappa shape index (κ2) is 8.88. The molecule has 0 aromatic heterocycles. The van der Waals surface area contributed by atoms with Crippen LogP contribution in [0.25, 0.3) is 0 Å². The Kier molecular flexibility index (Phi) is 6.80. The Balaban J connectivity index is 2.01. The third-order valence-corrected chi connectivity index (χ3v) is 5.28. The van der Waals surface area contributed by atoms with Crippen LogP contribution in [0, 0.1) is 13.8 Å². The minimum Gasteiger partial charge on any atom is -0.366 e. The van der Waals surface area contributed by atoms with Gasteiger partial charge in [0.15, 0.2) is 0 Å². The number of amides is 2. The number of nitrogens with two attached hydrogens (primary N) is 1. The van der Waals surface area contributed by atoms with Crippen molar-refractivity contribution in [3.05, 3.63) is 59.2 Å². The average molecular weight is 404 g/mol. The van der Waals surface area contributed by atoms with Crippen LogP contribution in [0.15, 0.2) is 42.5 Å². The summed E-state index contributed by atoms with van der Waals surface area (Å²) in [6.45, 7) is 4.01. The minimum atomic E-state index is -3.47. The number of anilines is 2. The molecule has 2 amide bonds. The standard InChI is InChI=1S/C20H25N3O4S/c1-14-10-15(2)12-18(11-14)23(28(3,26)27)9-5-8-19(24)22-17-7-4-6-16(13-17)20(21)25/h4,6-7,10-13H,5,8-9H2,1-3H3,(H2,21,25)(H,22,24). The van der Waals surface area contributed by atoms with Gasteiger partial charge in [-0.1, -0.05) is 12.1 Å². The molecule has 0 aliphatic heterocycles. The summed E-state index contributed by atoms with van der Waals surface area (Å²) in [5, 5.41) is 2.69. The van der Waals surface area contributed by atoms with Crippen molar-refractivity contribution in [2.24, 2.45) is 5.73 Å². The van der Waals surface area contributed by atoms with Gasteiger partial charge in [-0.25, -0.2) is 8.42 Å². The lowest BCUT2D eigenvalue weighted by Crippen LogP contribution is -2.31. The Morgan fingerprint density at radius 3 is 2.29 bits per heavy atom. The van der Waals surface area contributed by atoms with E-state index in [9.17, 15) is 18.0 Å². The van der Waals surface area contributed by atoms with Crippen LogP contribution in [0.5, 0.6) is 0 Å². The zero-order chi connectivity index (χ0) is 20.9. The quantitative estimate of drug-likeness (QED) is 0.706. The zero-order valence-electron chi connectivity index (χ0n) is 16.2. The summed E-state index contributed by atoms with van der Waals surface area (Å²) >= 11 is 0. The molecule has 0 bridgehead atoms. The van der Waals surface area contributed by atoms with Crippen molar-refractivity contribution in [3.8, 4) is 0 Å². The molecule has 7 nitrogen and oxygen atoms in total. The van der Waals surface area contributed by atoms with Gasteiger partial charge in [0, 0.05) is 24.2 Å². The number of carbonyl (C=O) groups is 2. The lowest BCUT2D eigenvalue weighted by Gasteiger charge is -2.23. The van der Waals surface area contributed by atoms with Crippen molar-refractivity contribution in [3.63, 3.8) is 0 Å². The molecule has 0 atom stereocenters. The monoisotopic (exact) mass is 403 g/mol. The highest BCUT2D eigenvalue weighted by Crippen LogP contribution is 2.22. The van der Waals surface area contributed by atoms with Crippen molar-refractivity contribution in [2.45, 2.75) is 26.7 Å². The highest BCUT2D eigenvalue weighted by Gasteiger charge is 2.18. The molecule has 2 aromatic rings. The molecule has 2 rings (SSSR count). The number of primary amides is 1. The molecule has 0 saturated carbocycles. The maximum Gasteiger partial charge on any atom is 0.248 e. The smallest absolute Gasteiger partial charge is 0.248 e. The molecule has 28 heavy (non-hydrogen) atoms. The van der Waals surface area contributed by atoms with Crippen molar-refractivity contribution >= 4 is 33.2 Å². The van der Waals surface area contributed by atoms with Crippen molar-refractivity contribution < 1.29 is 18.0 Å². The van der Waals surface area contributed by atoms with Crippen LogP contribution >= 0.6 is 0 Å². The average Bonchev–Trinajstić information content (AvgIpc) is 2.56. The molecule has 0 radical (unpaired) electrons. The fourth-order valence-corrected chi connectivity index (χ4v) is 3.89. The van der Waals surface area contributed by atoms with Crippen molar-refractivity contribution in [1.82, 2.24) is 0 Å². The summed E-state index contributed by atoms with van der Waals surface area (Å²) in [4.78, 5) is 23.4. The predicted molar refractivity (Wildman–Crippen MR) is 111 cm³/mol. The number of hydrogen-bond acceptors (Lipinski definition) is 4. The van der Waals surface area contributed by atoms with Gasteiger partial charge in [0.1, 0.15) is 0 Å². The number of sulfonamides is 1. The SMILES string of the molecule is Cc1cc(C)cc(N(CCCC(=O)Nc2cccc(C(N)=O)c2)S(C)(=O)=O)c1. The number of aryl methyl sites for hydroxylation is 2. The van der Waals surface area contributed by atoms with Gasteiger partial charge in [-0.05, 0) is 61.7 Å². The molecule has 0 saturated heterocycles. The van der Waals surface area contributed by atoms with E-state index in [0.717, 1.165) is 17.4 Å². The van der Waals surface area contributed by atoms with E-state index >= 15 is 0 Å². The maximum absolute atomic E-state index is 12.2. The number of rotatable bonds is 8. The van der Waals surface area contributed by atoms with Gasteiger partial charge in [-0.2, -0.15) is 0 Å². The summed E-state index contributed by atoms with van der Waals surface area (Å²) in [5.74, 6) is -0.844. The van der Waals surface area contributed by atoms with E-state index in [2.05, 4.69) is 5.32 Å². The van der Waals surface area contributed by atoms with E-state index in [1.807, 2.05) is 32.0 Å². The summed E-state index contributed by atoms with van der Waals surface area (Å²) in [6.07, 6.45) is 1.64. The van der Waals surface area contributed by atoms with Crippen LogP contribution in [0.3, 0.4) is 0 Å². The molecule has 0 aliphatic carbocycles. The fourth-order valence-electron chi connectivity index (χ4n) is 2.94. The number of hydrogen-bond donors (Lipinski definition) is 2. The molecule has 3 N–H and O–H groups in total. The largest absolute Gasteiger partial charge is 0.366 e. The summed E-state index contributed by atoms with van der Waals surface area (Å²) in [6, 6.07) is 11.9. The Morgan fingerprint density at radius 1 is 1.07 bits per heavy atom. The number of nitrogens with one attached hydrogen (secondary N) is 1. The van der Waals surface area contributed by atoms with Gasteiger partial charge in [0.2, 0.25) is 21.8 Å². The van der Waals surface area contributed by atoms with Crippen molar-refractivity contribution in [1.29, 1.82) is 0 Å². The highest BCUT2D eigenvalue weighted by molar-refractivity contribution is 7.92. The predicted octanol–water partition coefficient (Wildman–Crippen LogP) is 2.59. The molecular weight excluding hydrogens is 378 g/mol. The fraction of sp³-hybridized carbons (Fsp3) is 0.300. The van der Waals surface area contributed by atoms with Gasteiger partial charge in [0.25, 0.3) is 0 Å². The van der Waals surface area contributed by atoms with E-state index < -0.39 is 15.9 Å². The van der Waals surface area contributed by atoms with Crippen LogP contribution in [-0.4, -0.2) is 33.0 Å². The van der Waals surface area contributed by atoms with E-state index in [-0.39, 0.29) is 18.9 Å². The Hall–Kier alpha value is -2.87. The van der Waals surface area contributed by atoms with E-state index in [1.165, 1.54) is 10.4 Å². The molecule has 0 heterocycles. The lowest BCUT2D eigenvalue weighted by atomic mass is 10.1. The van der Waals surface area contributed by atoms with Crippen LogP contribution in [0.1, 0.15) is 34.3 Å². The van der Waals surface area contributed by atoms with Gasteiger partial charge < -0.3 is 11.1 Å². The molecule has 2 aromatic carbocycles. The van der Waals surface area contributed by atoms with Gasteiger partial charge in [0.05, 0.1) is 11.9 Å². The number of benzene rings is 2. The van der Waals surface area contributed by atoms with Gasteiger partial charge in [-0.3, -0.25) is 13.9 Å². The Labute approximate surface area is 165 Å². The van der Waals surface area contributed by atoms with Crippen LogP contribution < -0.4 is 15.4 Å². The van der Waals surface area contributed by atoms with Crippen LogP contribution in [-0.2, 0) is 14.8 Å². The molecule has 0 aliphatic rings. The van der Waals surface area contributed by atoms with E-state index in [1.54, 1.807) is 18.2 Å². The van der Waals surface area contributed by atoms with E-state index in [4.69, 9.17) is 5.73 Å². The first-order valence-electron chi connectivity index (χ1n) is 8.82. The third kappa shape index (κ3) is 6.09. The van der Waals surface area contributed by atoms with E-state index in [0.29, 0.717) is 23.4 Å². The second-order valence-corrected chi connectivity index (χ2v) is 8.68. The van der Waals surface area contributed by atoms with Crippen LogP contribution in [0.2, 0.25) is 0 Å². The minimum absolute atomic E-state index is 0.137. The first kappa shape index (κ1) is 21.4. The number of nitrogens with zero attached hydrogens (tertiary/aromatic N) is 1. The summed E-state index contributed by atoms with van der Waals surface area (Å²) in [7, 11) is -3.47. The molecule has 0 spiro atoms. The molecule has 0 fully saturated rings. The maximum atomic E-state index is 12.2. The summed E-state index contributed by atoms with van der Waals surface area (Å²) in [5.41, 5.74) is 8.53. The zero-order valence-corrected chi connectivity index (χ0v) is 17.0. The first-order valence-corrected chi connectivity index (χ1v) is 10.7. The third-order valence-electron chi connectivity index (χ3n) is 4.09. The lowest BCUT2D eigenvalue weighted by molar-refractivity contribution is -0.116.